The topological polar surface area (TPSA) is 26.3 Å². The SMILES string of the molecule is CCCCCCCCCC(=O)OCCCCCCCC.[Nd]. The molecule has 0 aromatic carbocycles. The monoisotopic (exact) mass is 426 g/mol. The summed E-state index contributed by atoms with van der Waals surface area (Å²) < 4.78 is 5.25. The summed E-state index contributed by atoms with van der Waals surface area (Å²) in [6.07, 6.45) is 16.8. The second-order valence-corrected chi connectivity index (χ2v) is 5.86. The Morgan fingerprint density at radius 1 is 0.667 bits per heavy atom. The van der Waals surface area contributed by atoms with Crippen molar-refractivity contribution in [1.82, 2.24) is 0 Å². The fraction of sp³-hybridized carbons (Fsp3) is 0.944. The number of hydrogen-bond donors (Lipinski definition) is 0. The normalized spacial score (nSPS) is 10.2. The van der Waals surface area contributed by atoms with Gasteiger partial charge in [0.25, 0.3) is 0 Å². The molecule has 0 unspecified atom stereocenters. The van der Waals surface area contributed by atoms with Crippen molar-refractivity contribution in [3.63, 3.8) is 0 Å². The molecule has 0 N–H and O–H groups in total. The van der Waals surface area contributed by atoms with Crippen LogP contribution < -0.4 is 0 Å². The first-order valence-corrected chi connectivity index (χ1v) is 8.96. The molecule has 0 saturated carbocycles. The van der Waals surface area contributed by atoms with E-state index in [-0.39, 0.29) is 46.8 Å². The predicted molar refractivity (Wildman–Crippen MR) is 86.9 cm³/mol. The summed E-state index contributed by atoms with van der Waals surface area (Å²) in [6.45, 7) is 5.09. The molecule has 0 aliphatic heterocycles. The second kappa shape index (κ2) is 20.8. The van der Waals surface area contributed by atoms with Gasteiger partial charge >= 0.3 is 5.97 Å². The molecule has 0 spiro atoms. The Labute approximate surface area is 165 Å². The molecular weight excluding hydrogens is 392 g/mol. The molecule has 124 valence electrons. The molecule has 2 nitrogen and oxygen atoms in total. The Hall–Kier alpha value is 0.821. The second-order valence-electron chi connectivity index (χ2n) is 5.86. The largest absolute Gasteiger partial charge is 0.466 e. The number of rotatable bonds is 15. The predicted octanol–water partition coefficient (Wildman–Crippen LogP) is 6.03. The molecule has 0 heterocycles. The van der Waals surface area contributed by atoms with Crippen molar-refractivity contribution in [2.75, 3.05) is 6.61 Å². The van der Waals surface area contributed by atoms with Gasteiger partial charge in [0.05, 0.1) is 6.61 Å². The van der Waals surface area contributed by atoms with E-state index in [1.807, 2.05) is 0 Å². The van der Waals surface area contributed by atoms with Gasteiger partial charge in [0.2, 0.25) is 0 Å². The van der Waals surface area contributed by atoms with E-state index in [1.165, 1.54) is 70.6 Å². The van der Waals surface area contributed by atoms with Crippen LogP contribution in [0.5, 0.6) is 0 Å². The number of esters is 1. The molecule has 0 aliphatic rings. The van der Waals surface area contributed by atoms with Crippen LogP contribution in [0.15, 0.2) is 0 Å². The number of hydrogen-bond acceptors (Lipinski definition) is 2. The summed E-state index contributed by atoms with van der Waals surface area (Å²) >= 11 is 0. The summed E-state index contributed by atoms with van der Waals surface area (Å²) in [5.41, 5.74) is 0. The molecule has 0 rings (SSSR count). The van der Waals surface area contributed by atoms with Crippen molar-refractivity contribution in [3.05, 3.63) is 0 Å². The Balaban J connectivity index is 0. The minimum atomic E-state index is 0. The fourth-order valence-corrected chi connectivity index (χ4v) is 2.37. The van der Waals surface area contributed by atoms with Crippen molar-refractivity contribution < 1.29 is 50.4 Å². The van der Waals surface area contributed by atoms with Gasteiger partial charge in [-0.3, -0.25) is 4.79 Å². The zero-order chi connectivity index (χ0) is 14.9. The van der Waals surface area contributed by atoms with Gasteiger partial charge in [-0.1, -0.05) is 84.5 Å². The Bertz CT molecular complexity index is 187. The van der Waals surface area contributed by atoms with E-state index in [0.717, 1.165) is 12.8 Å². The maximum Gasteiger partial charge on any atom is 0.305 e. The van der Waals surface area contributed by atoms with E-state index in [9.17, 15) is 4.79 Å². The average molecular weight is 429 g/mol. The van der Waals surface area contributed by atoms with E-state index < -0.39 is 0 Å². The van der Waals surface area contributed by atoms with Crippen LogP contribution in [0.3, 0.4) is 0 Å². The maximum absolute atomic E-state index is 11.5. The molecule has 0 bridgehead atoms. The van der Waals surface area contributed by atoms with Crippen LogP contribution in [-0.2, 0) is 9.53 Å². The van der Waals surface area contributed by atoms with E-state index in [1.54, 1.807) is 0 Å². The zero-order valence-corrected chi connectivity index (χ0v) is 17.6. The summed E-state index contributed by atoms with van der Waals surface area (Å²) in [6, 6.07) is 0. The van der Waals surface area contributed by atoms with Gasteiger partial charge in [-0.25, -0.2) is 0 Å². The summed E-state index contributed by atoms with van der Waals surface area (Å²) in [4.78, 5) is 11.5. The van der Waals surface area contributed by atoms with Crippen LogP contribution in [0.2, 0.25) is 0 Å². The molecule has 0 radical (unpaired) electrons. The van der Waals surface area contributed by atoms with Gasteiger partial charge < -0.3 is 4.74 Å². The van der Waals surface area contributed by atoms with Crippen molar-refractivity contribution in [2.24, 2.45) is 0 Å². The van der Waals surface area contributed by atoms with Gasteiger partial charge in [0.1, 0.15) is 0 Å². The standard InChI is InChI=1S/C18H36O2.Nd/c1-3-5-7-9-11-12-14-16-18(19)20-17-15-13-10-8-6-4-2;/h3-17H2,1-2H3;. The van der Waals surface area contributed by atoms with Crippen LogP contribution >= 0.6 is 0 Å². The third-order valence-electron chi connectivity index (χ3n) is 3.75. The van der Waals surface area contributed by atoms with Crippen molar-refractivity contribution >= 4 is 5.97 Å². The third-order valence-corrected chi connectivity index (χ3v) is 3.75. The fourth-order valence-electron chi connectivity index (χ4n) is 2.37. The van der Waals surface area contributed by atoms with Crippen LogP contribution in [0.4, 0.5) is 0 Å². The van der Waals surface area contributed by atoms with Crippen LogP contribution in [0.25, 0.3) is 0 Å². The van der Waals surface area contributed by atoms with Crippen LogP contribution in [0, 0.1) is 40.8 Å². The molecule has 0 amide bonds. The minimum Gasteiger partial charge on any atom is -0.466 e. The first-order chi connectivity index (χ1) is 9.81. The van der Waals surface area contributed by atoms with Gasteiger partial charge in [0.15, 0.2) is 0 Å². The number of carbonyl (C=O) groups is 1. The van der Waals surface area contributed by atoms with Gasteiger partial charge in [-0.05, 0) is 12.8 Å². The van der Waals surface area contributed by atoms with E-state index in [4.69, 9.17) is 4.74 Å². The van der Waals surface area contributed by atoms with Crippen LogP contribution in [-0.4, -0.2) is 12.6 Å². The molecule has 0 aliphatic carbocycles. The molecule has 0 atom stereocenters. The van der Waals surface area contributed by atoms with Crippen molar-refractivity contribution in [3.8, 4) is 0 Å². The Kier molecular flexibility index (Phi) is 23.9. The van der Waals surface area contributed by atoms with Gasteiger partial charge in [0, 0.05) is 47.3 Å². The number of unbranched alkanes of at least 4 members (excludes halogenated alkanes) is 11. The van der Waals surface area contributed by atoms with Gasteiger partial charge in [-0.2, -0.15) is 0 Å². The molecule has 21 heavy (non-hydrogen) atoms. The van der Waals surface area contributed by atoms with E-state index in [2.05, 4.69) is 13.8 Å². The Morgan fingerprint density at radius 2 is 1.10 bits per heavy atom. The third kappa shape index (κ3) is 20.8. The smallest absolute Gasteiger partial charge is 0.305 e. The van der Waals surface area contributed by atoms with E-state index in [0.29, 0.717) is 13.0 Å². The average Bonchev–Trinajstić information content (AvgIpc) is 2.45. The molecule has 0 aromatic rings. The summed E-state index contributed by atoms with van der Waals surface area (Å²) in [5, 5.41) is 0. The number of carbonyl (C=O) groups excluding carboxylic acids is 1. The van der Waals surface area contributed by atoms with E-state index >= 15 is 0 Å². The first-order valence-electron chi connectivity index (χ1n) is 8.96. The maximum atomic E-state index is 11.5. The molecule has 0 saturated heterocycles. The van der Waals surface area contributed by atoms with Crippen molar-refractivity contribution in [2.45, 2.75) is 104 Å². The molecular formula is C18H36NdO2. The summed E-state index contributed by atoms with van der Waals surface area (Å²) in [5.74, 6) is 0.00659. The molecule has 0 aromatic heterocycles. The summed E-state index contributed by atoms with van der Waals surface area (Å²) in [7, 11) is 0. The van der Waals surface area contributed by atoms with Crippen LogP contribution in [0.1, 0.15) is 104 Å². The number of ether oxygens (including phenoxy) is 1. The quantitative estimate of drug-likeness (QED) is 0.235. The van der Waals surface area contributed by atoms with Crippen molar-refractivity contribution in [1.29, 1.82) is 0 Å². The molecule has 0 fully saturated rings. The zero-order valence-electron chi connectivity index (χ0n) is 14.4. The first kappa shape index (κ1) is 24.1. The minimum absolute atomic E-state index is 0. The molecule has 3 heteroatoms. The van der Waals surface area contributed by atoms with Gasteiger partial charge in [-0.15, -0.1) is 0 Å². The Morgan fingerprint density at radius 3 is 1.62 bits per heavy atom.